The van der Waals surface area contributed by atoms with Crippen LogP contribution in [0.15, 0.2) is 110 Å². The fourth-order valence-electron chi connectivity index (χ4n) is 4.43. The summed E-state index contributed by atoms with van der Waals surface area (Å²) < 4.78 is 0. The van der Waals surface area contributed by atoms with Gasteiger partial charge in [0, 0.05) is 34.9 Å². The zero-order chi connectivity index (χ0) is 19.9. The van der Waals surface area contributed by atoms with Crippen LogP contribution in [0.1, 0.15) is 0 Å². The van der Waals surface area contributed by atoms with Crippen LogP contribution in [-0.2, 0) is 0 Å². The maximum Gasteiger partial charge on any atom is 0.0721 e. The van der Waals surface area contributed by atoms with E-state index in [0.717, 1.165) is 22.0 Å². The van der Waals surface area contributed by atoms with Gasteiger partial charge in [0.2, 0.25) is 0 Å². The van der Waals surface area contributed by atoms with Crippen molar-refractivity contribution in [2.75, 3.05) is 0 Å². The van der Waals surface area contributed by atoms with Gasteiger partial charge in [-0.3, -0.25) is 9.97 Å². The van der Waals surface area contributed by atoms with Crippen molar-refractivity contribution in [1.29, 1.82) is 0 Å². The number of benzene rings is 4. The van der Waals surface area contributed by atoms with Gasteiger partial charge in [0.05, 0.1) is 5.69 Å². The topological polar surface area (TPSA) is 25.8 Å². The molecule has 0 aliphatic carbocycles. The van der Waals surface area contributed by atoms with Gasteiger partial charge in [-0.1, -0.05) is 78.9 Å². The average molecular weight is 382 g/mol. The Kier molecular flexibility index (Phi) is 3.82. The predicted molar refractivity (Wildman–Crippen MR) is 125 cm³/mol. The molecule has 140 valence electrons. The maximum absolute atomic E-state index is 4.85. The zero-order valence-corrected chi connectivity index (χ0v) is 16.3. The quantitative estimate of drug-likeness (QED) is 0.294. The van der Waals surface area contributed by atoms with Crippen LogP contribution < -0.4 is 0 Å². The van der Waals surface area contributed by atoms with E-state index in [1.165, 1.54) is 32.7 Å². The second-order valence-electron chi connectivity index (χ2n) is 7.50. The fourth-order valence-corrected chi connectivity index (χ4v) is 4.43. The predicted octanol–water partition coefficient (Wildman–Crippen LogP) is 7.27. The summed E-state index contributed by atoms with van der Waals surface area (Å²) in [6.07, 6.45) is 5.81. The van der Waals surface area contributed by atoms with Crippen LogP contribution in [0.2, 0.25) is 0 Å². The van der Waals surface area contributed by atoms with Crippen molar-refractivity contribution in [3.63, 3.8) is 0 Å². The molecule has 0 spiro atoms. The van der Waals surface area contributed by atoms with Crippen LogP contribution in [-0.4, -0.2) is 9.97 Å². The Bertz CT molecular complexity index is 1480. The Labute approximate surface area is 174 Å². The smallest absolute Gasteiger partial charge is 0.0721 e. The maximum atomic E-state index is 4.85. The summed E-state index contributed by atoms with van der Waals surface area (Å²) in [7, 11) is 0. The monoisotopic (exact) mass is 382 g/mol. The van der Waals surface area contributed by atoms with Gasteiger partial charge in [-0.2, -0.15) is 0 Å². The molecular weight excluding hydrogens is 364 g/mol. The highest BCUT2D eigenvalue weighted by Gasteiger charge is 2.17. The van der Waals surface area contributed by atoms with Crippen molar-refractivity contribution in [2.24, 2.45) is 0 Å². The summed E-state index contributed by atoms with van der Waals surface area (Å²) in [6.45, 7) is 0. The molecule has 6 rings (SSSR count). The standard InChI is InChI=1S/C28H18N2/c1-2-8-19(9-3-1)27-22-12-6-7-13-23(22)28(25-18-29-15-14-24(25)27)26-16-20-10-4-5-11-21(20)17-30-26/h1-18H. The van der Waals surface area contributed by atoms with Crippen LogP contribution in [0.5, 0.6) is 0 Å². The summed E-state index contributed by atoms with van der Waals surface area (Å²) in [5.74, 6) is 0. The SMILES string of the molecule is c1ccc(-c2c3ccccc3c(-c3cc4ccccc4cn3)c3cnccc23)cc1. The Morgan fingerprint density at radius 2 is 1.17 bits per heavy atom. The third kappa shape index (κ3) is 2.58. The zero-order valence-electron chi connectivity index (χ0n) is 16.3. The highest BCUT2D eigenvalue weighted by atomic mass is 14.7. The minimum atomic E-state index is 0.975. The largest absolute Gasteiger partial charge is 0.264 e. The summed E-state index contributed by atoms with van der Waals surface area (Å²) in [5.41, 5.74) is 4.57. The number of fused-ring (bicyclic) bond motifs is 3. The van der Waals surface area contributed by atoms with Gasteiger partial charge in [-0.05, 0) is 44.8 Å². The highest BCUT2D eigenvalue weighted by Crippen LogP contribution is 2.42. The lowest BCUT2D eigenvalue weighted by Crippen LogP contribution is -1.93. The average Bonchev–Trinajstić information content (AvgIpc) is 2.82. The number of rotatable bonds is 2. The summed E-state index contributed by atoms with van der Waals surface area (Å²) in [6, 6.07) is 31.9. The van der Waals surface area contributed by atoms with E-state index < -0.39 is 0 Å². The molecule has 2 nitrogen and oxygen atoms in total. The minimum absolute atomic E-state index is 0.975. The third-order valence-corrected chi connectivity index (χ3v) is 5.78. The lowest BCUT2D eigenvalue weighted by atomic mass is 9.88. The molecular formula is C28H18N2. The van der Waals surface area contributed by atoms with Crippen molar-refractivity contribution < 1.29 is 0 Å². The van der Waals surface area contributed by atoms with Crippen LogP contribution in [0.25, 0.3) is 54.7 Å². The van der Waals surface area contributed by atoms with Crippen LogP contribution in [0.4, 0.5) is 0 Å². The van der Waals surface area contributed by atoms with E-state index in [1.807, 2.05) is 24.7 Å². The minimum Gasteiger partial charge on any atom is -0.264 e. The van der Waals surface area contributed by atoms with Gasteiger partial charge in [0.1, 0.15) is 0 Å². The summed E-state index contributed by atoms with van der Waals surface area (Å²) in [4.78, 5) is 9.33. The third-order valence-electron chi connectivity index (χ3n) is 5.78. The second-order valence-corrected chi connectivity index (χ2v) is 7.50. The molecule has 0 saturated heterocycles. The van der Waals surface area contributed by atoms with E-state index in [-0.39, 0.29) is 0 Å². The molecule has 0 saturated carbocycles. The van der Waals surface area contributed by atoms with E-state index in [9.17, 15) is 0 Å². The molecule has 0 atom stereocenters. The molecule has 2 heteroatoms. The first-order valence-corrected chi connectivity index (χ1v) is 10.1. The van der Waals surface area contributed by atoms with Crippen molar-refractivity contribution >= 4 is 32.3 Å². The van der Waals surface area contributed by atoms with E-state index >= 15 is 0 Å². The van der Waals surface area contributed by atoms with Gasteiger partial charge in [-0.25, -0.2) is 0 Å². The van der Waals surface area contributed by atoms with Crippen molar-refractivity contribution in [3.05, 3.63) is 110 Å². The molecule has 0 bridgehead atoms. The summed E-state index contributed by atoms with van der Waals surface area (Å²) in [5, 5.41) is 7.08. The lowest BCUT2D eigenvalue weighted by Gasteiger charge is -2.17. The Hall–Kier alpha value is -4.04. The van der Waals surface area contributed by atoms with Crippen molar-refractivity contribution in [1.82, 2.24) is 9.97 Å². The van der Waals surface area contributed by atoms with E-state index in [0.29, 0.717) is 0 Å². The number of hydrogen-bond donors (Lipinski definition) is 0. The number of nitrogens with zero attached hydrogens (tertiary/aromatic N) is 2. The first-order chi connectivity index (χ1) is 14.9. The van der Waals surface area contributed by atoms with E-state index in [2.05, 4.69) is 89.9 Å². The van der Waals surface area contributed by atoms with Crippen LogP contribution in [0.3, 0.4) is 0 Å². The molecule has 4 aromatic carbocycles. The Balaban J connectivity index is 1.79. The molecule has 30 heavy (non-hydrogen) atoms. The normalized spacial score (nSPS) is 11.3. The number of aromatic nitrogens is 2. The molecule has 0 aliphatic heterocycles. The van der Waals surface area contributed by atoms with Crippen LogP contribution in [0, 0.1) is 0 Å². The van der Waals surface area contributed by atoms with Crippen molar-refractivity contribution in [2.45, 2.75) is 0 Å². The van der Waals surface area contributed by atoms with Gasteiger partial charge in [0.15, 0.2) is 0 Å². The Morgan fingerprint density at radius 1 is 0.500 bits per heavy atom. The number of hydrogen-bond acceptors (Lipinski definition) is 2. The molecule has 2 heterocycles. The molecule has 0 unspecified atom stereocenters. The van der Waals surface area contributed by atoms with Gasteiger partial charge in [-0.15, -0.1) is 0 Å². The first kappa shape index (κ1) is 16.9. The molecule has 0 fully saturated rings. The second kappa shape index (κ2) is 6.78. The first-order valence-electron chi connectivity index (χ1n) is 10.1. The molecule has 0 radical (unpaired) electrons. The lowest BCUT2D eigenvalue weighted by molar-refractivity contribution is 1.35. The fraction of sp³-hybridized carbons (Fsp3) is 0. The highest BCUT2D eigenvalue weighted by molar-refractivity contribution is 6.21. The molecule has 0 N–H and O–H groups in total. The molecule has 6 aromatic rings. The van der Waals surface area contributed by atoms with E-state index in [4.69, 9.17) is 4.98 Å². The number of pyridine rings is 2. The van der Waals surface area contributed by atoms with Crippen molar-refractivity contribution in [3.8, 4) is 22.4 Å². The van der Waals surface area contributed by atoms with E-state index in [1.54, 1.807) is 0 Å². The summed E-state index contributed by atoms with van der Waals surface area (Å²) >= 11 is 0. The van der Waals surface area contributed by atoms with Crippen LogP contribution >= 0.6 is 0 Å². The van der Waals surface area contributed by atoms with Gasteiger partial charge < -0.3 is 0 Å². The molecule has 2 aromatic heterocycles. The Morgan fingerprint density at radius 3 is 2.00 bits per heavy atom. The van der Waals surface area contributed by atoms with Gasteiger partial charge in [0.25, 0.3) is 0 Å². The molecule has 0 aliphatic rings. The molecule has 0 amide bonds. The van der Waals surface area contributed by atoms with Gasteiger partial charge >= 0.3 is 0 Å².